The Morgan fingerprint density at radius 3 is 2.11 bits per heavy atom. The van der Waals surface area contributed by atoms with Gasteiger partial charge in [0.15, 0.2) is 0 Å². The van der Waals surface area contributed by atoms with Crippen LogP contribution in [-0.4, -0.2) is 31.0 Å². The van der Waals surface area contributed by atoms with Gasteiger partial charge in [-0.3, -0.25) is 14.5 Å². The van der Waals surface area contributed by atoms with E-state index in [0.29, 0.717) is 22.0 Å². The summed E-state index contributed by atoms with van der Waals surface area (Å²) in [6.45, 7) is 1.91. The van der Waals surface area contributed by atoms with Crippen LogP contribution in [0.25, 0.3) is 5.76 Å². The molecule has 0 aromatic heterocycles. The van der Waals surface area contributed by atoms with Crippen molar-refractivity contribution in [3.05, 3.63) is 91.9 Å². The highest BCUT2D eigenvalue weighted by Crippen LogP contribution is 2.45. The maximum atomic E-state index is 13.3. The van der Waals surface area contributed by atoms with Crippen LogP contribution in [0.3, 0.4) is 0 Å². The summed E-state index contributed by atoms with van der Waals surface area (Å²) in [5, 5.41) is 12.2. The summed E-state index contributed by atoms with van der Waals surface area (Å²) in [7, 11) is 2.85. The highest BCUT2D eigenvalue weighted by molar-refractivity contribution is 6.52. The zero-order chi connectivity index (χ0) is 25.4. The average molecular weight is 533 g/mol. The first-order valence-electron chi connectivity index (χ1n) is 10.4. The van der Waals surface area contributed by atoms with Crippen LogP contribution < -0.4 is 14.4 Å². The first-order valence-corrected chi connectivity index (χ1v) is 11.6. The number of halogens is 3. The van der Waals surface area contributed by atoms with Gasteiger partial charge in [0.05, 0.1) is 46.5 Å². The molecule has 3 aromatic carbocycles. The molecule has 0 radical (unpaired) electrons. The molecule has 35 heavy (non-hydrogen) atoms. The molecule has 1 aliphatic heterocycles. The Kier molecular flexibility index (Phi) is 6.99. The first-order chi connectivity index (χ1) is 16.7. The molecule has 0 aliphatic carbocycles. The number of rotatable bonds is 5. The van der Waals surface area contributed by atoms with E-state index in [1.54, 1.807) is 30.3 Å². The molecule has 1 fully saturated rings. The number of methoxy groups -OCH3 is 2. The fraction of sp³-hybridized carbons (Fsp3) is 0.154. The van der Waals surface area contributed by atoms with E-state index in [9.17, 15) is 14.7 Å². The lowest BCUT2D eigenvalue weighted by Crippen LogP contribution is -2.29. The fourth-order valence-electron chi connectivity index (χ4n) is 3.99. The van der Waals surface area contributed by atoms with Gasteiger partial charge in [-0.1, -0.05) is 58.6 Å². The predicted molar refractivity (Wildman–Crippen MR) is 137 cm³/mol. The molecule has 1 amide bonds. The Morgan fingerprint density at radius 2 is 1.51 bits per heavy atom. The number of ether oxygens (including phenoxy) is 2. The van der Waals surface area contributed by atoms with Crippen LogP contribution in [0, 0.1) is 6.92 Å². The second-order valence-corrected chi connectivity index (χ2v) is 9.09. The van der Waals surface area contributed by atoms with Crippen molar-refractivity contribution in [2.24, 2.45) is 0 Å². The van der Waals surface area contributed by atoms with Gasteiger partial charge in [0.2, 0.25) is 0 Å². The number of Topliss-reactive ketones (excluding diaryl/α,β-unsaturated/α-hetero) is 1. The van der Waals surface area contributed by atoms with Crippen molar-refractivity contribution >= 4 is 57.9 Å². The third-order valence-electron chi connectivity index (χ3n) is 5.75. The van der Waals surface area contributed by atoms with Gasteiger partial charge in [-0.2, -0.15) is 0 Å². The van der Waals surface area contributed by atoms with E-state index in [4.69, 9.17) is 44.3 Å². The summed E-state index contributed by atoms with van der Waals surface area (Å²) in [4.78, 5) is 28.0. The normalized spacial score (nSPS) is 17.1. The van der Waals surface area contributed by atoms with E-state index in [-0.39, 0.29) is 26.9 Å². The number of aryl methyl sites for hydroxylation is 1. The molecule has 9 heteroatoms. The van der Waals surface area contributed by atoms with Crippen LogP contribution >= 0.6 is 34.8 Å². The van der Waals surface area contributed by atoms with Gasteiger partial charge in [0.25, 0.3) is 11.7 Å². The number of amides is 1. The van der Waals surface area contributed by atoms with E-state index in [1.807, 2.05) is 19.1 Å². The lowest BCUT2D eigenvalue weighted by molar-refractivity contribution is -0.132. The molecule has 1 atom stereocenters. The zero-order valence-electron chi connectivity index (χ0n) is 18.9. The van der Waals surface area contributed by atoms with Crippen LogP contribution in [0.1, 0.15) is 22.7 Å². The lowest BCUT2D eigenvalue weighted by atomic mass is 9.94. The highest BCUT2D eigenvalue weighted by Gasteiger charge is 2.47. The van der Waals surface area contributed by atoms with E-state index in [2.05, 4.69) is 0 Å². The van der Waals surface area contributed by atoms with Gasteiger partial charge in [0.1, 0.15) is 17.3 Å². The average Bonchev–Trinajstić information content (AvgIpc) is 3.11. The van der Waals surface area contributed by atoms with E-state index in [0.717, 1.165) is 5.56 Å². The molecule has 0 spiro atoms. The molecule has 180 valence electrons. The third kappa shape index (κ3) is 4.45. The third-order valence-corrected chi connectivity index (χ3v) is 6.78. The van der Waals surface area contributed by atoms with E-state index in [1.165, 1.54) is 31.3 Å². The second kappa shape index (κ2) is 9.82. The number of hydrogen-bond donors (Lipinski definition) is 1. The minimum Gasteiger partial charge on any atom is -0.507 e. The molecule has 3 aromatic rings. The predicted octanol–water partition coefficient (Wildman–Crippen LogP) is 6.60. The molecule has 1 aliphatic rings. The van der Waals surface area contributed by atoms with Gasteiger partial charge in [0, 0.05) is 11.8 Å². The summed E-state index contributed by atoms with van der Waals surface area (Å²) in [5.74, 6) is -1.59. The number of aliphatic hydroxyl groups excluding tert-OH is 1. The Balaban J connectivity index is 2.00. The summed E-state index contributed by atoms with van der Waals surface area (Å²) >= 11 is 18.7. The number of anilines is 1. The number of aliphatic hydroxyl groups is 1. The summed E-state index contributed by atoms with van der Waals surface area (Å²) < 4.78 is 10.6. The Bertz CT molecular complexity index is 1370. The first kappa shape index (κ1) is 24.9. The monoisotopic (exact) mass is 531 g/mol. The van der Waals surface area contributed by atoms with Crippen molar-refractivity contribution in [2.75, 3.05) is 19.1 Å². The summed E-state index contributed by atoms with van der Waals surface area (Å²) in [6.07, 6.45) is 0. The molecule has 4 rings (SSSR count). The number of nitrogens with zero attached hydrogens (tertiary/aromatic N) is 1. The van der Waals surface area contributed by atoms with Crippen molar-refractivity contribution in [1.29, 1.82) is 0 Å². The fourth-order valence-corrected chi connectivity index (χ4v) is 4.54. The van der Waals surface area contributed by atoms with Crippen molar-refractivity contribution in [1.82, 2.24) is 0 Å². The van der Waals surface area contributed by atoms with Gasteiger partial charge < -0.3 is 14.6 Å². The van der Waals surface area contributed by atoms with Crippen molar-refractivity contribution in [3.8, 4) is 11.5 Å². The van der Waals surface area contributed by atoms with Gasteiger partial charge in [-0.25, -0.2) is 0 Å². The van der Waals surface area contributed by atoms with Crippen molar-refractivity contribution in [2.45, 2.75) is 13.0 Å². The maximum absolute atomic E-state index is 13.3. The largest absolute Gasteiger partial charge is 0.507 e. The minimum absolute atomic E-state index is 0.130. The molecule has 1 N–H and O–H groups in total. The number of hydrogen-bond acceptors (Lipinski definition) is 5. The molecule has 0 saturated carbocycles. The molecular weight excluding hydrogens is 513 g/mol. The van der Waals surface area contributed by atoms with Crippen molar-refractivity contribution in [3.63, 3.8) is 0 Å². The van der Waals surface area contributed by atoms with Crippen LogP contribution in [0.5, 0.6) is 11.5 Å². The number of benzene rings is 3. The standard InChI is InChI=1S/C26H20Cl3NO5/c1-13-4-7-15(8-5-13)30-23(14-6-9-17(27)18(28)10-14)22(25(32)26(30)33)24(31)16-11-19(29)21(35-3)12-20(16)34-2/h4-12,23,31H,1-3H3/b24-22+. The second-order valence-electron chi connectivity index (χ2n) is 7.87. The molecule has 1 heterocycles. The number of carbonyl (C=O) groups excluding carboxylic acids is 2. The zero-order valence-corrected chi connectivity index (χ0v) is 21.2. The molecular formula is C26H20Cl3NO5. The Hall–Kier alpha value is -3.19. The summed E-state index contributed by atoms with van der Waals surface area (Å²) in [6, 6.07) is 13.8. The topological polar surface area (TPSA) is 76.1 Å². The van der Waals surface area contributed by atoms with Crippen molar-refractivity contribution < 1.29 is 24.2 Å². The van der Waals surface area contributed by atoms with E-state index >= 15 is 0 Å². The van der Waals surface area contributed by atoms with E-state index < -0.39 is 23.5 Å². The van der Waals surface area contributed by atoms with Gasteiger partial charge in [-0.15, -0.1) is 0 Å². The molecule has 6 nitrogen and oxygen atoms in total. The maximum Gasteiger partial charge on any atom is 0.300 e. The number of carbonyl (C=O) groups is 2. The van der Waals surface area contributed by atoms with Crippen LogP contribution in [0.15, 0.2) is 60.2 Å². The molecule has 1 saturated heterocycles. The quantitative estimate of drug-likeness (QED) is 0.228. The van der Waals surface area contributed by atoms with Crippen LogP contribution in [-0.2, 0) is 9.59 Å². The lowest BCUT2D eigenvalue weighted by Gasteiger charge is -2.26. The molecule has 0 bridgehead atoms. The van der Waals surface area contributed by atoms with Crippen LogP contribution in [0.4, 0.5) is 5.69 Å². The van der Waals surface area contributed by atoms with Crippen LogP contribution in [0.2, 0.25) is 15.1 Å². The van der Waals surface area contributed by atoms with Gasteiger partial charge in [-0.05, 0) is 42.8 Å². The summed E-state index contributed by atoms with van der Waals surface area (Å²) in [5.41, 5.74) is 1.93. The van der Waals surface area contributed by atoms with Gasteiger partial charge >= 0.3 is 0 Å². The minimum atomic E-state index is -0.988. The Morgan fingerprint density at radius 1 is 0.857 bits per heavy atom. The Labute approximate surface area is 217 Å². The smallest absolute Gasteiger partial charge is 0.300 e. The highest BCUT2D eigenvalue weighted by atomic mass is 35.5. The molecule has 1 unspecified atom stereocenters. The number of ketones is 1. The SMILES string of the molecule is COc1cc(OC)c(/C(O)=C2\C(=O)C(=O)N(c3ccc(C)cc3)C2c2ccc(Cl)c(Cl)c2)cc1Cl.